The Balaban J connectivity index is 1.54. The average Bonchev–Trinajstić information content (AvgIpc) is 2.80. The molecule has 2 heterocycles. The van der Waals surface area contributed by atoms with E-state index in [1.165, 1.54) is 11.9 Å². The van der Waals surface area contributed by atoms with Crippen LogP contribution in [0.3, 0.4) is 0 Å². The van der Waals surface area contributed by atoms with Crippen molar-refractivity contribution in [2.24, 2.45) is 5.92 Å². The van der Waals surface area contributed by atoms with Gasteiger partial charge in [-0.3, -0.25) is 9.59 Å². The molecule has 2 aliphatic rings. The van der Waals surface area contributed by atoms with E-state index in [0.717, 1.165) is 31.9 Å². The summed E-state index contributed by atoms with van der Waals surface area (Å²) >= 11 is 0. The summed E-state index contributed by atoms with van der Waals surface area (Å²) in [5.74, 6) is -0.686. The molecule has 1 amide bonds. The number of nitrogens with one attached hydrogen (secondary N) is 1. The SMILES string of the molecule is CCOC(=O)C1CCN(C(=O)/C(C#N)=C\Nc2ccc(N3CCN(C)CC3)cc2)CC1. The van der Waals surface area contributed by atoms with Crippen LogP contribution in [0.5, 0.6) is 0 Å². The van der Waals surface area contributed by atoms with Crippen molar-refractivity contribution < 1.29 is 14.3 Å². The van der Waals surface area contributed by atoms with E-state index in [9.17, 15) is 14.9 Å². The summed E-state index contributed by atoms with van der Waals surface area (Å²) in [4.78, 5) is 30.9. The quantitative estimate of drug-likeness (QED) is 0.424. The van der Waals surface area contributed by atoms with Crippen LogP contribution in [0.15, 0.2) is 36.0 Å². The molecule has 0 bridgehead atoms. The van der Waals surface area contributed by atoms with Gasteiger partial charge in [0.05, 0.1) is 12.5 Å². The first-order valence-electron chi connectivity index (χ1n) is 10.9. The summed E-state index contributed by atoms with van der Waals surface area (Å²) in [7, 11) is 2.13. The van der Waals surface area contributed by atoms with Gasteiger partial charge in [0.15, 0.2) is 0 Å². The Bertz CT molecular complexity index is 830. The number of nitriles is 1. The van der Waals surface area contributed by atoms with Crippen molar-refractivity contribution in [1.82, 2.24) is 9.80 Å². The Kier molecular flexibility index (Phi) is 7.90. The summed E-state index contributed by atoms with van der Waals surface area (Å²) in [6, 6.07) is 10.0. The highest BCUT2D eigenvalue weighted by Gasteiger charge is 2.29. The molecule has 1 N–H and O–H groups in total. The maximum atomic E-state index is 12.7. The normalized spacial score (nSPS) is 18.4. The van der Waals surface area contributed by atoms with Crippen molar-refractivity contribution in [3.8, 4) is 6.07 Å². The van der Waals surface area contributed by atoms with Crippen molar-refractivity contribution in [2.45, 2.75) is 19.8 Å². The van der Waals surface area contributed by atoms with Gasteiger partial charge in [0.1, 0.15) is 11.6 Å². The molecule has 2 saturated heterocycles. The van der Waals surface area contributed by atoms with Crippen LogP contribution in [0.4, 0.5) is 11.4 Å². The molecule has 0 unspecified atom stereocenters. The summed E-state index contributed by atoms with van der Waals surface area (Å²) in [5, 5.41) is 12.5. The number of anilines is 2. The van der Waals surface area contributed by atoms with E-state index in [0.29, 0.717) is 32.5 Å². The van der Waals surface area contributed by atoms with E-state index in [1.54, 1.807) is 11.8 Å². The van der Waals surface area contributed by atoms with Crippen molar-refractivity contribution in [1.29, 1.82) is 5.26 Å². The highest BCUT2D eigenvalue weighted by molar-refractivity contribution is 5.97. The molecular formula is C23H31N5O3. The second kappa shape index (κ2) is 10.8. The molecule has 0 aromatic heterocycles. The van der Waals surface area contributed by atoms with Gasteiger partial charge in [-0.2, -0.15) is 5.26 Å². The standard InChI is InChI=1S/C23H31N5O3/c1-3-31-23(30)18-8-10-28(11-9-18)22(29)19(16-24)17-25-20-4-6-21(7-5-20)27-14-12-26(2)13-15-27/h4-7,17-18,25H,3,8-15H2,1-2H3/b19-17-. The third-order valence-electron chi connectivity index (χ3n) is 5.87. The molecule has 8 nitrogen and oxygen atoms in total. The summed E-state index contributed by atoms with van der Waals surface area (Å²) in [6.45, 7) is 7.14. The van der Waals surface area contributed by atoms with Crippen molar-refractivity contribution in [3.63, 3.8) is 0 Å². The molecule has 2 fully saturated rings. The number of carbonyl (C=O) groups is 2. The minimum Gasteiger partial charge on any atom is -0.466 e. The van der Waals surface area contributed by atoms with E-state index < -0.39 is 0 Å². The lowest BCUT2D eigenvalue weighted by molar-refractivity contribution is -0.150. The third-order valence-corrected chi connectivity index (χ3v) is 5.87. The Morgan fingerprint density at radius 3 is 2.35 bits per heavy atom. The molecule has 31 heavy (non-hydrogen) atoms. The van der Waals surface area contributed by atoms with Gasteiger partial charge < -0.3 is 24.8 Å². The molecule has 0 spiro atoms. The summed E-state index contributed by atoms with van der Waals surface area (Å²) in [5.41, 5.74) is 2.04. The summed E-state index contributed by atoms with van der Waals surface area (Å²) < 4.78 is 5.06. The first kappa shape index (κ1) is 22.6. The number of likely N-dealkylation sites (N-methyl/N-ethyl adjacent to an activating group) is 1. The number of piperazine rings is 1. The maximum Gasteiger partial charge on any atom is 0.309 e. The van der Waals surface area contributed by atoms with Crippen LogP contribution in [0.1, 0.15) is 19.8 Å². The largest absolute Gasteiger partial charge is 0.466 e. The van der Waals surface area contributed by atoms with E-state index in [4.69, 9.17) is 4.74 Å². The number of carbonyl (C=O) groups excluding carboxylic acids is 2. The Hall–Kier alpha value is -3.05. The predicted molar refractivity (Wildman–Crippen MR) is 119 cm³/mol. The van der Waals surface area contributed by atoms with E-state index in [-0.39, 0.29) is 23.4 Å². The van der Waals surface area contributed by atoms with Crippen LogP contribution in [0, 0.1) is 17.2 Å². The van der Waals surface area contributed by atoms with Gasteiger partial charge in [-0.15, -0.1) is 0 Å². The molecular weight excluding hydrogens is 394 g/mol. The minimum atomic E-state index is -0.314. The van der Waals surface area contributed by atoms with Crippen molar-refractivity contribution in [3.05, 3.63) is 36.0 Å². The maximum absolute atomic E-state index is 12.7. The number of ether oxygens (including phenoxy) is 1. The Morgan fingerprint density at radius 1 is 1.13 bits per heavy atom. The van der Waals surface area contributed by atoms with Crippen LogP contribution in [-0.2, 0) is 14.3 Å². The zero-order valence-electron chi connectivity index (χ0n) is 18.3. The first-order valence-corrected chi connectivity index (χ1v) is 10.9. The van der Waals surface area contributed by atoms with Crippen LogP contribution in [0.25, 0.3) is 0 Å². The van der Waals surface area contributed by atoms with Gasteiger partial charge in [0, 0.05) is 56.8 Å². The number of benzene rings is 1. The molecule has 2 aliphatic heterocycles. The van der Waals surface area contributed by atoms with Crippen LogP contribution < -0.4 is 10.2 Å². The third kappa shape index (κ3) is 5.98. The van der Waals surface area contributed by atoms with E-state index in [2.05, 4.69) is 34.3 Å². The second-order valence-electron chi connectivity index (χ2n) is 7.97. The molecule has 0 aliphatic carbocycles. The zero-order valence-corrected chi connectivity index (χ0v) is 18.3. The number of rotatable bonds is 6. The Morgan fingerprint density at radius 2 is 1.77 bits per heavy atom. The van der Waals surface area contributed by atoms with Gasteiger partial charge in [-0.1, -0.05) is 0 Å². The van der Waals surface area contributed by atoms with Crippen LogP contribution >= 0.6 is 0 Å². The highest BCUT2D eigenvalue weighted by Crippen LogP contribution is 2.21. The van der Waals surface area contributed by atoms with Gasteiger partial charge >= 0.3 is 5.97 Å². The van der Waals surface area contributed by atoms with Gasteiger partial charge in [-0.25, -0.2) is 0 Å². The molecule has 1 aromatic rings. The fourth-order valence-electron chi connectivity index (χ4n) is 3.88. The lowest BCUT2D eigenvalue weighted by Crippen LogP contribution is -2.44. The molecule has 0 radical (unpaired) electrons. The number of likely N-dealkylation sites (tertiary alicyclic amines) is 1. The van der Waals surface area contributed by atoms with Crippen molar-refractivity contribution in [2.75, 3.05) is 63.1 Å². The van der Waals surface area contributed by atoms with E-state index >= 15 is 0 Å². The monoisotopic (exact) mass is 425 g/mol. The number of hydrogen-bond acceptors (Lipinski definition) is 7. The number of nitrogens with zero attached hydrogens (tertiary/aromatic N) is 4. The fourth-order valence-corrected chi connectivity index (χ4v) is 3.88. The molecule has 3 rings (SSSR count). The lowest BCUT2D eigenvalue weighted by Gasteiger charge is -2.34. The number of piperidine rings is 1. The molecule has 8 heteroatoms. The van der Waals surface area contributed by atoms with Gasteiger partial charge in [0.25, 0.3) is 5.91 Å². The smallest absolute Gasteiger partial charge is 0.309 e. The molecule has 0 saturated carbocycles. The number of hydrogen-bond donors (Lipinski definition) is 1. The predicted octanol–water partition coefficient (Wildman–Crippen LogP) is 2.06. The van der Waals surface area contributed by atoms with E-state index in [1.807, 2.05) is 18.2 Å². The topological polar surface area (TPSA) is 88.9 Å². The van der Waals surface area contributed by atoms with Gasteiger partial charge in [-0.05, 0) is 51.1 Å². The second-order valence-corrected chi connectivity index (χ2v) is 7.97. The molecule has 1 aromatic carbocycles. The molecule has 0 atom stereocenters. The number of amides is 1. The summed E-state index contributed by atoms with van der Waals surface area (Å²) in [6.07, 6.45) is 2.58. The minimum absolute atomic E-state index is 0.0535. The van der Waals surface area contributed by atoms with Crippen LogP contribution in [0.2, 0.25) is 0 Å². The van der Waals surface area contributed by atoms with Crippen molar-refractivity contribution >= 4 is 23.3 Å². The lowest BCUT2D eigenvalue weighted by atomic mass is 9.96. The Labute approximate surface area is 184 Å². The average molecular weight is 426 g/mol. The molecule has 166 valence electrons. The van der Waals surface area contributed by atoms with Crippen LogP contribution in [-0.4, -0.2) is 74.6 Å². The number of esters is 1. The van der Waals surface area contributed by atoms with Gasteiger partial charge in [0.2, 0.25) is 0 Å². The highest BCUT2D eigenvalue weighted by atomic mass is 16.5. The first-order chi connectivity index (χ1) is 15.0. The fraction of sp³-hybridized carbons (Fsp3) is 0.522. The zero-order chi connectivity index (χ0) is 22.2.